The van der Waals surface area contributed by atoms with Crippen LogP contribution in [0.15, 0.2) is 33.6 Å². The molecule has 174 valence electrons. The smallest absolute Gasteiger partial charge is 0.416 e. The second kappa shape index (κ2) is 9.98. The highest BCUT2D eigenvalue weighted by atomic mass is 35.5. The van der Waals surface area contributed by atoms with E-state index in [1.807, 2.05) is 6.08 Å². The Balaban J connectivity index is 1.70. The highest BCUT2D eigenvalue weighted by molar-refractivity contribution is 8.26. The van der Waals surface area contributed by atoms with E-state index in [-0.39, 0.29) is 28.1 Å². The summed E-state index contributed by atoms with van der Waals surface area (Å²) in [5.41, 5.74) is -0.524. The molecule has 2 aliphatic rings. The summed E-state index contributed by atoms with van der Waals surface area (Å²) in [5.74, 6) is -0.266. The second-order valence-electron chi connectivity index (χ2n) is 7.13. The standard InChI is InChI=1S/C21H17ClF3N3O3S2/c22-14-4-3-12(21(23,24)25)10-13(14)19-26-15(2-1-5-28-6-8-30-9-7-28)16(31-19)11-17-18(29)27-20(32)33-17/h1-4,10-11H,5-9H2,(H,27,29,32)/b2-1+,17-11-. The molecule has 12 heteroatoms. The molecule has 0 aliphatic carbocycles. The number of amides is 1. The molecule has 2 fully saturated rings. The van der Waals surface area contributed by atoms with E-state index in [0.717, 1.165) is 43.1 Å². The minimum atomic E-state index is -4.55. The first-order chi connectivity index (χ1) is 15.7. The van der Waals surface area contributed by atoms with Crippen LogP contribution >= 0.6 is 35.6 Å². The average molecular weight is 516 g/mol. The molecule has 2 aromatic rings. The van der Waals surface area contributed by atoms with E-state index in [2.05, 4.69) is 15.2 Å². The number of alkyl halides is 3. The Morgan fingerprint density at radius 1 is 1.30 bits per heavy atom. The first-order valence-electron chi connectivity index (χ1n) is 9.80. The first kappa shape index (κ1) is 24.0. The number of ether oxygens (including phenoxy) is 1. The normalized spacial score (nSPS) is 19.1. The molecule has 1 N–H and O–H groups in total. The zero-order valence-corrected chi connectivity index (χ0v) is 19.3. The number of hydrogen-bond acceptors (Lipinski definition) is 7. The lowest BCUT2D eigenvalue weighted by Gasteiger charge is -2.25. The van der Waals surface area contributed by atoms with Crippen molar-refractivity contribution >= 4 is 58.0 Å². The summed E-state index contributed by atoms with van der Waals surface area (Å²) < 4.78 is 51.0. The first-order valence-corrected chi connectivity index (χ1v) is 11.4. The van der Waals surface area contributed by atoms with E-state index in [4.69, 9.17) is 33.0 Å². The van der Waals surface area contributed by atoms with Gasteiger partial charge >= 0.3 is 6.18 Å². The number of rotatable bonds is 5. The van der Waals surface area contributed by atoms with E-state index in [0.29, 0.717) is 34.7 Å². The zero-order chi connectivity index (χ0) is 23.6. The van der Waals surface area contributed by atoms with Crippen molar-refractivity contribution in [3.63, 3.8) is 0 Å². The lowest BCUT2D eigenvalue weighted by molar-refractivity contribution is -0.137. The van der Waals surface area contributed by atoms with Crippen LogP contribution in [0.5, 0.6) is 0 Å². The molecule has 0 spiro atoms. The highest BCUT2D eigenvalue weighted by Gasteiger charge is 2.32. The summed E-state index contributed by atoms with van der Waals surface area (Å²) in [6, 6.07) is 2.93. The van der Waals surface area contributed by atoms with Crippen LogP contribution in [0.3, 0.4) is 0 Å². The molecule has 0 atom stereocenters. The van der Waals surface area contributed by atoms with Crippen LogP contribution in [-0.2, 0) is 15.7 Å². The Morgan fingerprint density at radius 3 is 2.73 bits per heavy atom. The number of nitrogens with zero attached hydrogens (tertiary/aromatic N) is 2. The van der Waals surface area contributed by atoms with Crippen LogP contribution in [0.25, 0.3) is 23.6 Å². The van der Waals surface area contributed by atoms with Crippen LogP contribution < -0.4 is 5.32 Å². The molecule has 33 heavy (non-hydrogen) atoms. The van der Waals surface area contributed by atoms with Crippen molar-refractivity contribution in [2.45, 2.75) is 6.18 Å². The van der Waals surface area contributed by atoms with E-state index in [9.17, 15) is 18.0 Å². The van der Waals surface area contributed by atoms with Crippen LogP contribution in [0.4, 0.5) is 13.2 Å². The van der Waals surface area contributed by atoms with Gasteiger partial charge in [-0.2, -0.15) is 13.2 Å². The molecule has 1 aromatic carbocycles. The molecule has 1 amide bonds. The SMILES string of the molecule is O=C1NC(=S)S/C1=C\c1oc(-c2cc(C(F)(F)F)ccc2Cl)nc1/C=C/CN1CCOCC1. The number of carbonyl (C=O) groups is 1. The van der Waals surface area contributed by atoms with E-state index < -0.39 is 11.7 Å². The number of aromatic nitrogens is 1. The number of thioether (sulfide) groups is 1. The molecule has 2 aliphatic heterocycles. The molecule has 0 saturated carbocycles. The number of thiocarbonyl (C=S) groups is 1. The topological polar surface area (TPSA) is 67.6 Å². The third-order valence-corrected chi connectivity index (χ3v) is 6.34. The fourth-order valence-corrected chi connectivity index (χ4v) is 4.40. The molecule has 6 nitrogen and oxygen atoms in total. The van der Waals surface area contributed by atoms with Crippen LogP contribution in [0.2, 0.25) is 5.02 Å². The molecular weight excluding hydrogens is 499 g/mol. The monoisotopic (exact) mass is 515 g/mol. The summed E-state index contributed by atoms with van der Waals surface area (Å²) in [5, 5.41) is 2.56. The highest BCUT2D eigenvalue weighted by Crippen LogP contribution is 2.37. The van der Waals surface area contributed by atoms with Gasteiger partial charge in [0.15, 0.2) is 5.76 Å². The van der Waals surface area contributed by atoms with Crippen molar-refractivity contribution in [1.29, 1.82) is 0 Å². The summed E-state index contributed by atoms with van der Waals surface area (Å²) in [6.45, 7) is 3.52. The quantitative estimate of drug-likeness (QED) is 0.451. The largest absolute Gasteiger partial charge is 0.436 e. The van der Waals surface area contributed by atoms with Crippen molar-refractivity contribution in [2.75, 3.05) is 32.8 Å². The Morgan fingerprint density at radius 2 is 2.06 bits per heavy atom. The van der Waals surface area contributed by atoms with Crippen molar-refractivity contribution in [1.82, 2.24) is 15.2 Å². The number of nitrogens with one attached hydrogen (secondary N) is 1. The van der Waals surface area contributed by atoms with Gasteiger partial charge in [-0.15, -0.1) is 0 Å². The van der Waals surface area contributed by atoms with Crippen LogP contribution in [-0.4, -0.2) is 53.0 Å². The van der Waals surface area contributed by atoms with E-state index in [1.165, 1.54) is 6.08 Å². The summed E-state index contributed by atoms with van der Waals surface area (Å²) in [7, 11) is 0. The van der Waals surface area contributed by atoms with Crippen molar-refractivity contribution < 1.29 is 27.1 Å². The number of benzene rings is 1. The van der Waals surface area contributed by atoms with Gasteiger partial charge in [0.05, 0.1) is 34.3 Å². The van der Waals surface area contributed by atoms with Gasteiger partial charge in [0.1, 0.15) is 10.0 Å². The number of hydrogen-bond donors (Lipinski definition) is 1. The Bertz CT molecular complexity index is 1140. The van der Waals surface area contributed by atoms with E-state index >= 15 is 0 Å². The molecule has 2 saturated heterocycles. The Hall–Kier alpha value is -2.18. The maximum atomic E-state index is 13.2. The summed E-state index contributed by atoms with van der Waals surface area (Å²) in [6.07, 6.45) is 0.485. The van der Waals surface area contributed by atoms with Gasteiger partial charge in [-0.25, -0.2) is 4.98 Å². The van der Waals surface area contributed by atoms with Gasteiger partial charge in [0.25, 0.3) is 5.91 Å². The van der Waals surface area contributed by atoms with Gasteiger partial charge in [0.2, 0.25) is 5.89 Å². The van der Waals surface area contributed by atoms with Gasteiger partial charge in [-0.05, 0) is 24.3 Å². The van der Waals surface area contributed by atoms with Crippen LogP contribution in [0.1, 0.15) is 17.0 Å². The zero-order valence-electron chi connectivity index (χ0n) is 16.9. The van der Waals surface area contributed by atoms with Crippen molar-refractivity contribution in [3.05, 3.63) is 51.2 Å². The van der Waals surface area contributed by atoms with Gasteiger partial charge in [-0.3, -0.25) is 9.69 Å². The second-order valence-corrected chi connectivity index (χ2v) is 9.25. The van der Waals surface area contributed by atoms with Gasteiger partial charge < -0.3 is 14.5 Å². The molecule has 3 heterocycles. The minimum absolute atomic E-state index is 0.00183. The Kier molecular flexibility index (Phi) is 7.25. The molecule has 1 aromatic heterocycles. The van der Waals surface area contributed by atoms with Crippen LogP contribution in [0, 0.1) is 0 Å². The molecule has 0 radical (unpaired) electrons. The fourth-order valence-electron chi connectivity index (χ4n) is 3.18. The molecule has 0 bridgehead atoms. The predicted octanol–water partition coefficient (Wildman–Crippen LogP) is 4.85. The molecular formula is C21H17ClF3N3O3S2. The maximum Gasteiger partial charge on any atom is 0.416 e. The number of oxazole rings is 1. The maximum absolute atomic E-state index is 13.2. The third kappa shape index (κ3) is 5.85. The summed E-state index contributed by atoms with van der Waals surface area (Å²) in [4.78, 5) is 18.9. The molecule has 4 rings (SSSR count). The third-order valence-electron chi connectivity index (χ3n) is 4.85. The average Bonchev–Trinajstić information content (AvgIpc) is 3.30. The van der Waals surface area contributed by atoms with Gasteiger partial charge in [0, 0.05) is 25.7 Å². The number of carbonyl (C=O) groups excluding carboxylic acids is 1. The number of morpholine rings is 1. The van der Waals surface area contributed by atoms with E-state index in [1.54, 1.807) is 6.08 Å². The summed E-state index contributed by atoms with van der Waals surface area (Å²) >= 11 is 12.2. The van der Waals surface area contributed by atoms with Gasteiger partial charge in [-0.1, -0.05) is 41.7 Å². The predicted molar refractivity (Wildman–Crippen MR) is 125 cm³/mol. The van der Waals surface area contributed by atoms with Crippen molar-refractivity contribution in [3.8, 4) is 11.5 Å². The fraction of sp³-hybridized carbons (Fsp3) is 0.286. The minimum Gasteiger partial charge on any atom is -0.436 e. The lowest BCUT2D eigenvalue weighted by atomic mass is 10.1. The lowest BCUT2D eigenvalue weighted by Crippen LogP contribution is -2.36. The Labute approximate surface area is 201 Å². The number of halogens is 4. The van der Waals surface area contributed by atoms with Crippen molar-refractivity contribution in [2.24, 2.45) is 0 Å². The molecule has 0 unspecified atom stereocenters.